The van der Waals surface area contributed by atoms with Crippen LogP contribution in [0.5, 0.6) is 0 Å². The Morgan fingerprint density at radius 1 is 1.12 bits per heavy atom. The van der Waals surface area contributed by atoms with Gasteiger partial charge in [-0.05, 0) is 42.2 Å². The third-order valence-electron chi connectivity index (χ3n) is 5.90. The molecule has 8 nitrogen and oxygen atoms in total. The molecule has 0 spiro atoms. The zero-order valence-electron chi connectivity index (χ0n) is 17.2. The van der Waals surface area contributed by atoms with Crippen LogP contribution in [0.2, 0.25) is 5.02 Å². The molecule has 3 atom stereocenters. The van der Waals surface area contributed by atoms with E-state index < -0.39 is 34.5 Å². The first kappa shape index (κ1) is 21.7. The first-order chi connectivity index (χ1) is 15.3. The number of hydrazine groups is 1. The standard InChI is InChI=1S/C23H20ClN3O5/c1-14-3-2-4-19-20(14)23(30)26(22(19)29)25(13-15-5-9-17(24)10-6-15)21(28)16-7-11-18(12-8-16)27(31)32/h2-3,5-12,14,19-20H,4,13H2,1H3/t14-,19+,20-/m1/s1. The van der Waals surface area contributed by atoms with Gasteiger partial charge in [-0.25, -0.2) is 5.01 Å². The molecule has 0 N–H and O–H groups in total. The van der Waals surface area contributed by atoms with E-state index in [1.807, 2.05) is 19.1 Å². The highest BCUT2D eigenvalue weighted by molar-refractivity contribution is 6.30. The molecule has 0 radical (unpaired) electrons. The Morgan fingerprint density at radius 2 is 1.78 bits per heavy atom. The van der Waals surface area contributed by atoms with E-state index in [1.54, 1.807) is 24.3 Å². The number of allylic oxidation sites excluding steroid dienone is 2. The number of non-ortho nitro benzene ring substituents is 1. The van der Waals surface area contributed by atoms with Gasteiger partial charge in [-0.2, -0.15) is 5.01 Å². The maximum Gasteiger partial charge on any atom is 0.273 e. The molecule has 164 valence electrons. The Kier molecular flexibility index (Phi) is 5.80. The molecule has 1 heterocycles. The van der Waals surface area contributed by atoms with Crippen LogP contribution in [0.3, 0.4) is 0 Å². The molecule has 1 aliphatic carbocycles. The summed E-state index contributed by atoms with van der Waals surface area (Å²) in [5.74, 6) is -2.59. The summed E-state index contributed by atoms with van der Waals surface area (Å²) < 4.78 is 0. The number of fused-ring (bicyclic) bond motifs is 1. The fraction of sp³-hybridized carbons (Fsp3) is 0.261. The molecule has 1 aliphatic heterocycles. The first-order valence-corrected chi connectivity index (χ1v) is 10.5. The van der Waals surface area contributed by atoms with Crippen molar-refractivity contribution in [2.45, 2.75) is 19.9 Å². The fourth-order valence-corrected chi connectivity index (χ4v) is 4.37. The number of amides is 3. The third-order valence-corrected chi connectivity index (χ3v) is 6.15. The summed E-state index contributed by atoms with van der Waals surface area (Å²) in [5.41, 5.74) is 0.641. The largest absolute Gasteiger partial charge is 0.273 e. The van der Waals surface area contributed by atoms with Crippen LogP contribution in [0.1, 0.15) is 29.3 Å². The van der Waals surface area contributed by atoms with Crippen molar-refractivity contribution in [3.63, 3.8) is 0 Å². The lowest BCUT2D eigenvalue weighted by atomic mass is 9.78. The summed E-state index contributed by atoms with van der Waals surface area (Å²) in [6.45, 7) is 1.84. The molecular formula is C23H20ClN3O5. The third kappa shape index (κ3) is 3.89. The van der Waals surface area contributed by atoms with E-state index in [4.69, 9.17) is 11.6 Å². The lowest BCUT2D eigenvalue weighted by molar-refractivity contribution is -0.384. The topological polar surface area (TPSA) is 101 Å². The van der Waals surface area contributed by atoms with E-state index in [9.17, 15) is 24.5 Å². The van der Waals surface area contributed by atoms with E-state index in [1.165, 1.54) is 24.3 Å². The van der Waals surface area contributed by atoms with Crippen LogP contribution in [0.15, 0.2) is 60.7 Å². The van der Waals surface area contributed by atoms with Crippen molar-refractivity contribution in [2.75, 3.05) is 0 Å². The Balaban J connectivity index is 1.71. The zero-order valence-corrected chi connectivity index (χ0v) is 17.9. The Morgan fingerprint density at radius 3 is 2.38 bits per heavy atom. The summed E-state index contributed by atoms with van der Waals surface area (Å²) in [6.07, 6.45) is 4.25. The normalized spacial score (nSPS) is 22.1. The SMILES string of the molecule is C[C@@H]1C=CC[C@@H]2C(=O)N(N(Cc3ccc(Cl)cc3)C(=O)c3ccc([N+](=O)[O-])cc3)C(=O)[C@H]12. The second kappa shape index (κ2) is 8.55. The van der Waals surface area contributed by atoms with Crippen LogP contribution in [0.25, 0.3) is 0 Å². The van der Waals surface area contributed by atoms with Crippen molar-refractivity contribution in [1.82, 2.24) is 10.0 Å². The van der Waals surface area contributed by atoms with E-state index in [0.717, 1.165) is 10.0 Å². The number of rotatable bonds is 5. The Labute approximate surface area is 189 Å². The van der Waals surface area contributed by atoms with Gasteiger partial charge in [0.05, 0.1) is 23.3 Å². The van der Waals surface area contributed by atoms with Gasteiger partial charge in [-0.1, -0.05) is 42.8 Å². The summed E-state index contributed by atoms with van der Waals surface area (Å²) in [5, 5.41) is 13.5. The predicted octanol–water partition coefficient (Wildman–Crippen LogP) is 4.00. The van der Waals surface area contributed by atoms with Crippen LogP contribution >= 0.6 is 11.6 Å². The summed E-state index contributed by atoms with van der Waals surface area (Å²) in [4.78, 5) is 50.3. The number of imide groups is 1. The lowest BCUT2D eigenvalue weighted by Gasteiger charge is -2.31. The number of nitro benzene ring substituents is 1. The van der Waals surface area contributed by atoms with Crippen molar-refractivity contribution in [1.29, 1.82) is 0 Å². The van der Waals surface area contributed by atoms with Crippen LogP contribution in [0.4, 0.5) is 5.69 Å². The molecule has 1 saturated heterocycles. The number of hydrogen-bond acceptors (Lipinski definition) is 5. The molecule has 3 amide bonds. The van der Waals surface area contributed by atoms with Crippen LogP contribution < -0.4 is 0 Å². The molecule has 0 unspecified atom stereocenters. The van der Waals surface area contributed by atoms with Gasteiger partial charge in [0, 0.05) is 22.7 Å². The number of halogens is 1. The molecule has 0 aromatic heterocycles. The van der Waals surface area contributed by atoms with Gasteiger partial charge in [-0.3, -0.25) is 24.5 Å². The summed E-state index contributed by atoms with van der Waals surface area (Å²) in [6, 6.07) is 11.8. The monoisotopic (exact) mass is 453 g/mol. The second-order valence-electron chi connectivity index (χ2n) is 7.94. The van der Waals surface area contributed by atoms with E-state index in [2.05, 4.69) is 0 Å². The molecule has 1 fully saturated rings. The number of nitrogens with zero attached hydrogens (tertiary/aromatic N) is 3. The van der Waals surface area contributed by atoms with Gasteiger partial charge in [0.1, 0.15) is 0 Å². The highest BCUT2D eigenvalue weighted by atomic mass is 35.5. The molecule has 2 aromatic carbocycles. The van der Waals surface area contributed by atoms with Gasteiger partial charge < -0.3 is 0 Å². The number of benzene rings is 2. The predicted molar refractivity (Wildman–Crippen MR) is 116 cm³/mol. The maximum absolute atomic E-state index is 13.4. The lowest BCUT2D eigenvalue weighted by Crippen LogP contribution is -2.50. The molecule has 4 rings (SSSR count). The molecular weight excluding hydrogens is 434 g/mol. The second-order valence-corrected chi connectivity index (χ2v) is 8.37. The van der Waals surface area contributed by atoms with Gasteiger partial charge in [-0.15, -0.1) is 0 Å². The number of carbonyl (C=O) groups is 3. The van der Waals surface area contributed by atoms with Crippen molar-refractivity contribution < 1.29 is 19.3 Å². The minimum atomic E-state index is -0.601. The number of carbonyl (C=O) groups excluding carboxylic acids is 3. The molecule has 0 saturated carbocycles. The van der Waals surface area contributed by atoms with Crippen LogP contribution in [-0.2, 0) is 16.1 Å². The summed E-state index contributed by atoms with van der Waals surface area (Å²) in [7, 11) is 0. The van der Waals surface area contributed by atoms with Gasteiger partial charge in [0.2, 0.25) is 0 Å². The van der Waals surface area contributed by atoms with E-state index in [-0.39, 0.29) is 23.7 Å². The van der Waals surface area contributed by atoms with Crippen molar-refractivity contribution in [2.24, 2.45) is 17.8 Å². The van der Waals surface area contributed by atoms with E-state index >= 15 is 0 Å². The summed E-state index contributed by atoms with van der Waals surface area (Å²) >= 11 is 5.96. The Hall–Kier alpha value is -3.52. The molecule has 9 heteroatoms. The van der Waals surface area contributed by atoms with Crippen molar-refractivity contribution in [3.05, 3.63) is 86.9 Å². The van der Waals surface area contributed by atoms with Gasteiger partial charge in [0.15, 0.2) is 0 Å². The Bertz CT molecular complexity index is 1110. The minimum Gasteiger partial charge on any atom is -0.272 e. The minimum absolute atomic E-state index is 0.0360. The maximum atomic E-state index is 13.4. The van der Waals surface area contributed by atoms with Gasteiger partial charge in [0.25, 0.3) is 23.4 Å². The quantitative estimate of drug-likeness (QED) is 0.295. The van der Waals surface area contributed by atoms with Gasteiger partial charge >= 0.3 is 0 Å². The highest BCUT2D eigenvalue weighted by Crippen LogP contribution is 2.39. The number of hydrogen-bond donors (Lipinski definition) is 0. The molecule has 0 bridgehead atoms. The van der Waals surface area contributed by atoms with Crippen molar-refractivity contribution >= 4 is 35.0 Å². The van der Waals surface area contributed by atoms with Crippen LogP contribution in [0, 0.1) is 27.9 Å². The molecule has 2 aliphatic rings. The smallest absolute Gasteiger partial charge is 0.272 e. The first-order valence-electron chi connectivity index (χ1n) is 10.1. The fourth-order valence-electron chi connectivity index (χ4n) is 4.24. The number of nitro groups is 1. The highest BCUT2D eigenvalue weighted by Gasteiger charge is 2.53. The van der Waals surface area contributed by atoms with E-state index in [0.29, 0.717) is 17.0 Å². The average Bonchev–Trinajstić information content (AvgIpc) is 3.04. The van der Waals surface area contributed by atoms with Crippen molar-refractivity contribution in [3.8, 4) is 0 Å². The average molecular weight is 454 g/mol. The molecule has 2 aromatic rings. The molecule has 32 heavy (non-hydrogen) atoms. The zero-order chi connectivity index (χ0) is 23.0. The van der Waals surface area contributed by atoms with Crippen LogP contribution in [-0.4, -0.2) is 32.7 Å².